The molecule has 0 aromatic carbocycles. The molecule has 0 bridgehead atoms. The Kier molecular flexibility index (Phi) is 56.8. The normalized spacial score (nSPS) is 12.8. The van der Waals surface area contributed by atoms with Crippen LogP contribution >= 0.6 is 0 Å². The fraction of sp³-hybridized carbons (Fsp3) is 0.712. The van der Waals surface area contributed by atoms with Gasteiger partial charge in [0.1, 0.15) is 13.2 Å². The molecule has 0 N–H and O–H groups in total. The van der Waals surface area contributed by atoms with Crippen molar-refractivity contribution in [3.63, 3.8) is 0 Å². The first-order valence-electron chi connectivity index (χ1n) is 30.2. The van der Waals surface area contributed by atoms with Crippen molar-refractivity contribution in [2.24, 2.45) is 0 Å². The van der Waals surface area contributed by atoms with Gasteiger partial charge < -0.3 is 14.2 Å². The van der Waals surface area contributed by atoms with E-state index in [0.29, 0.717) is 19.3 Å². The van der Waals surface area contributed by atoms with Crippen LogP contribution < -0.4 is 0 Å². The van der Waals surface area contributed by atoms with Crippen LogP contribution in [0.15, 0.2) is 97.2 Å². The molecule has 0 radical (unpaired) electrons. The van der Waals surface area contributed by atoms with E-state index in [2.05, 4.69) is 118 Å². The van der Waals surface area contributed by atoms with Crippen LogP contribution in [-0.4, -0.2) is 37.2 Å². The van der Waals surface area contributed by atoms with E-state index in [1.54, 1.807) is 0 Å². The fourth-order valence-electron chi connectivity index (χ4n) is 8.30. The van der Waals surface area contributed by atoms with Gasteiger partial charge in [0.25, 0.3) is 0 Å². The number of ether oxygens (including phenoxy) is 3. The summed E-state index contributed by atoms with van der Waals surface area (Å²) in [4.78, 5) is 38.2. The summed E-state index contributed by atoms with van der Waals surface area (Å²) in [6, 6.07) is 0. The quantitative estimate of drug-likeness (QED) is 0.0261. The molecule has 0 fully saturated rings. The van der Waals surface area contributed by atoms with E-state index in [1.807, 2.05) is 0 Å². The van der Waals surface area contributed by atoms with E-state index >= 15 is 0 Å². The Balaban J connectivity index is 4.46. The third-order valence-electron chi connectivity index (χ3n) is 12.8. The lowest BCUT2D eigenvalue weighted by atomic mass is 10.0. The van der Waals surface area contributed by atoms with E-state index in [-0.39, 0.29) is 31.1 Å². The third-order valence-corrected chi connectivity index (χ3v) is 12.8. The lowest BCUT2D eigenvalue weighted by molar-refractivity contribution is -0.167. The van der Waals surface area contributed by atoms with Gasteiger partial charge in [0.15, 0.2) is 6.10 Å². The summed E-state index contributed by atoms with van der Waals surface area (Å²) in [7, 11) is 0. The van der Waals surface area contributed by atoms with Crippen molar-refractivity contribution in [1.29, 1.82) is 0 Å². The molecule has 0 saturated heterocycles. The molecule has 6 heteroatoms. The maximum Gasteiger partial charge on any atom is 0.306 e. The van der Waals surface area contributed by atoms with E-state index < -0.39 is 6.10 Å². The highest BCUT2D eigenvalue weighted by molar-refractivity contribution is 5.71. The minimum Gasteiger partial charge on any atom is -0.462 e. The first kappa shape index (κ1) is 68.3. The summed E-state index contributed by atoms with van der Waals surface area (Å²) in [5.74, 6) is -0.946. The highest BCUT2D eigenvalue weighted by atomic mass is 16.6. The Hall–Kier alpha value is -3.67. The molecular weight excluding hydrogens is 889 g/mol. The van der Waals surface area contributed by atoms with Crippen LogP contribution in [-0.2, 0) is 28.6 Å². The molecule has 0 saturated carbocycles. The number of carbonyl (C=O) groups excluding carboxylic acids is 3. The lowest BCUT2D eigenvalue weighted by Gasteiger charge is -2.18. The third kappa shape index (κ3) is 57.2. The van der Waals surface area contributed by atoms with Crippen molar-refractivity contribution in [2.45, 2.75) is 290 Å². The number of hydrogen-bond acceptors (Lipinski definition) is 6. The molecule has 0 aliphatic carbocycles. The maximum absolute atomic E-state index is 12.9. The summed E-state index contributed by atoms with van der Waals surface area (Å²) in [6.45, 7) is 6.47. The molecule has 0 amide bonds. The van der Waals surface area contributed by atoms with Crippen LogP contribution in [0.1, 0.15) is 284 Å². The molecule has 72 heavy (non-hydrogen) atoms. The molecule has 0 spiro atoms. The molecule has 1 unspecified atom stereocenters. The first-order valence-corrected chi connectivity index (χ1v) is 30.2. The Morgan fingerprint density at radius 3 is 0.903 bits per heavy atom. The largest absolute Gasteiger partial charge is 0.462 e. The van der Waals surface area contributed by atoms with Crippen LogP contribution in [0.5, 0.6) is 0 Å². The molecule has 0 aromatic rings. The first-order chi connectivity index (χ1) is 35.5. The molecule has 1 atom stereocenters. The van der Waals surface area contributed by atoms with E-state index in [0.717, 1.165) is 122 Å². The van der Waals surface area contributed by atoms with Crippen LogP contribution in [0.2, 0.25) is 0 Å². The highest BCUT2D eigenvalue weighted by Gasteiger charge is 2.19. The minimum absolute atomic E-state index is 0.0973. The summed E-state index contributed by atoms with van der Waals surface area (Å²) in [5, 5.41) is 0. The van der Waals surface area contributed by atoms with Gasteiger partial charge in [-0.25, -0.2) is 0 Å². The predicted molar refractivity (Wildman–Crippen MR) is 311 cm³/mol. The smallest absolute Gasteiger partial charge is 0.306 e. The van der Waals surface area contributed by atoms with Crippen LogP contribution in [0.4, 0.5) is 0 Å². The zero-order chi connectivity index (χ0) is 52.2. The standard InChI is InChI=1S/C66H112O6/c1-4-7-10-13-16-19-22-25-28-30-32-33-34-36-38-41-44-47-50-53-56-59-65(68)71-62-63(61-70-64(67)58-55-52-49-46-43-40-37-27-24-21-18-15-12-9-6-3)72-66(69)60-57-54-51-48-45-42-39-35-31-29-26-23-20-17-14-11-8-5-2/h7,10,16,18-19,21,25,27-28,32-33,36-38,44,47,63H,4-6,8-9,11-15,17,20,22-24,26,29-31,34-35,39-43,45-46,48-62H2,1-3H3/b10-7-,19-16-,21-18-,28-25-,33-32-,37-27-,38-36-,47-44-. The molecule has 0 aromatic heterocycles. The topological polar surface area (TPSA) is 78.9 Å². The van der Waals surface area contributed by atoms with Gasteiger partial charge in [-0.15, -0.1) is 0 Å². The Morgan fingerprint density at radius 2 is 0.542 bits per heavy atom. The van der Waals surface area contributed by atoms with Gasteiger partial charge in [0, 0.05) is 19.3 Å². The second-order valence-corrected chi connectivity index (χ2v) is 19.9. The van der Waals surface area contributed by atoms with Gasteiger partial charge in [-0.3, -0.25) is 14.4 Å². The number of hydrogen-bond donors (Lipinski definition) is 0. The van der Waals surface area contributed by atoms with Crippen molar-refractivity contribution in [3.05, 3.63) is 97.2 Å². The Bertz CT molecular complexity index is 1430. The van der Waals surface area contributed by atoms with Gasteiger partial charge in [0.05, 0.1) is 0 Å². The molecule has 0 aliphatic heterocycles. The van der Waals surface area contributed by atoms with Crippen LogP contribution in [0.3, 0.4) is 0 Å². The molecule has 0 aliphatic rings. The molecule has 6 nitrogen and oxygen atoms in total. The molecule has 0 heterocycles. The van der Waals surface area contributed by atoms with E-state index in [9.17, 15) is 14.4 Å². The number of esters is 3. The monoisotopic (exact) mass is 1000 g/mol. The van der Waals surface area contributed by atoms with Crippen molar-refractivity contribution < 1.29 is 28.6 Å². The summed E-state index contributed by atoms with van der Waals surface area (Å²) >= 11 is 0. The fourth-order valence-corrected chi connectivity index (χ4v) is 8.30. The zero-order valence-corrected chi connectivity index (χ0v) is 47.2. The van der Waals surface area contributed by atoms with Gasteiger partial charge in [-0.05, 0) is 103 Å². The SMILES string of the molecule is CC/C=C\C/C=C\C/C=C\C/C=C\C/C=C\C/C=C\CCCCC(=O)OCC(COC(=O)CCCCCCC/C=C\C/C=C\CCCCC)OC(=O)CCCCCCCCCCCCCCCCCCCC. The number of unbranched alkanes of at least 4 members (excludes halogenated alkanes) is 27. The van der Waals surface area contributed by atoms with E-state index in [1.165, 1.54) is 122 Å². The Labute approximate surface area is 445 Å². The number of rotatable bonds is 54. The maximum atomic E-state index is 12.9. The minimum atomic E-state index is -0.801. The van der Waals surface area contributed by atoms with Gasteiger partial charge >= 0.3 is 17.9 Å². The molecule has 412 valence electrons. The summed E-state index contributed by atoms with van der Waals surface area (Å²) < 4.78 is 16.9. The average molecular weight is 1000 g/mol. The second-order valence-electron chi connectivity index (χ2n) is 19.9. The summed E-state index contributed by atoms with van der Waals surface area (Å²) in [6.07, 6.45) is 79.7. The molecule has 0 rings (SSSR count). The van der Waals surface area contributed by atoms with E-state index in [4.69, 9.17) is 14.2 Å². The van der Waals surface area contributed by atoms with Gasteiger partial charge in [0.2, 0.25) is 0 Å². The summed E-state index contributed by atoms with van der Waals surface area (Å²) in [5.41, 5.74) is 0. The highest BCUT2D eigenvalue weighted by Crippen LogP contribution is 2.16. The van der Waals surface area contributed by atoms with Crippen molar-refractivity contribution in [3.8, 4) is 0 Å². The van der Waals surface area contributed by atoms with Crippen molar-refractivity contribution >= 4 is 17.9 Å². The second kappa shape index (κ2) is 59.9. The average Bonchev–Trinajstić information content (AvgIpc) is 3.38. The zero-order valence-electron chi connectivity index (χ0n) is 47.2. The van der Waals surface area contributed by atoms with Crippen LogP contribution in [0, 0.1) is 0 Å². The van der Waals surface area contributed by atoms with Crippen LogP contribution in [0.25, 0.3) is 0 Å². The van der Waals surface area contributed by atoms with Crippen molar-refractivity contribution in [1.82, 2.24) is 0 Å². The Morgan fingerprint density at radius 1 is 0.292 bits per heavy atom. The number of allylic oxidation sites excluding steroid dienone is 16. The lowest BCUT2D eigenvalue weighted by Crippen LogP contribution is -2.30. The predicted octanol–water partition coefficient (Wildman–Crippen LogP) is 20.5. The van der Waals surface area contributed by atoms with Crippen molar-refractivity contribution in [2.75, 3.05) is 13.2 Å². The number of carbonyl (C=O) groups is 3. The van der Waals surface area contributed by atoms with Gasteiger partial charge in [-0.1, -0.05) is 259 Å². The van der Waals surface area contributed by atoms with Gasteiger partial charge in [-0.2, -0.15) is 0 Å². The molecular formula is C66H112O6.